The van der Waals surface area contributed by atoms with Crippen molar-refractivity contribution < 1.29 is 17.9 Å². The zero-order chi connectivity index (χ0) is 12.7. The molecule has 17 heavy (non-hydrogen) atoms. The van der Waals surface area contributed by atoms with Crippen LogP contribution >= 0.6 is 0 Å². The standard InChI is InChI=1S/C11H15NO4S/c1-10(13)16-7-2-3-8-17(14,15)11-5-4-6-12-9-11/h4-6,9H,2-3,7-8H2,1H3. The number of sulfone groups is 1. The van der Waals surface area contributed by atoms with Crippen LogP contribution < -0.4 is 0 Å². The molecule has 0 radical (unpaired) electrons. The van der Waals surface area contributed by atoms with E-state index in [-0.39, 0.29) is 23.2 Å². The van der Waals surface area contributed by atoms with Crippen LogP contribution in [0.4, 0.5) is 0 Å². The van der Waals surface area contributed by atoms with Gasteiger partial charge in [0.05, 0.1) is 17.3 Å². The number of carbonyl (C=O) groups excluding carboxylic acids is 1. The SMILES string of the molecule is CC(=O)OCCCCS(=O)(=O)c1cccnc1. The van der Waals surface area contributed by atoms with Gasteiger partial charge in [0.2, 0.25) is 0 Å². The molecule has 1 aromatic heterocycles. The Kier molecular flexibility index (Phi) is 5.09. The normalized spacial score (nSPS) is 11.1. The van der Waals surface area contributed by atoms with Gasteiger partial charge in [0.15, 0.2) is 9.84 Å². The van der Waals surface area contributed by atoms with Crippen LogP contribution in [0, 0.1) is 0 Å². The van der Waals surface area contributed by atoms with Gasteiger partial charge in [0.25, 0.3) is 0 Å². The Labute approximate surface area is 101 Å². The summed E-state index contributed by atoms with van der Waals surface area (Å²) in [7, 11) is -3.26. The van der Waals surface area contributed by atoms with Gasteiger partial charge in [-0.1, -0.05) is 0 Å². The molecule has 1 aromatic rings. The fourth-order valence-corrected chi connectivity index (χ4v) is 2.59. The first-order valence-corrected chi connectivity index (χ1v) is 6.94. The predicted octanol–water partition coefficient (Wildman–Crippen LogP) is 1.20. The molecule has 0 aliphatic heterocycles. The molecule has 5 nitrogen and oxygen atoms in total. The van der Waals surface area contributed by atoms with E-state index in [1.54, 1.807) is 6.07 Å². The lowest BCUT2D eigenvalue weighted by Gasteiger charge is -2.04. The molecule has 0 fully saturated rings. The van der Waals surface area contributed by atoms with Crippen LogP contribution in [-0.2, 0) is 19.4 Å². The van der Waals surface area contributed by atoms with Crippen molar-refractivity contribution in [3.8, 4) is 0 Å². The van der Waals surface area contributed by atoms with Crippen molar-refractivity contribution in [3.63, 3.8) is 0 Å². The molecule has 6 heteroatoms. The number of rotatable bonds is 6. The monoisotopic (exact) mass is 257 g/mol. The summed E-state index contributed by atoms with van der Waals surface area (Å²) >= 11 is 0. The maximum Gasteiger partial charge on any atom is 0.302 e. The molecular formula is C11H15NO4S. The largest absolute Gasteiger partial charge is 0.466 e. The molecule has 0 aromatic carbocycles. The van der Waals surface area contributed by atoms with E-state index < -0.39 is 9.84 Å². The first-order valence-electron chi connectivity index (χ1n) is 5.28. The first kappa shape index (κ1) is 13.6. The lowest BCUT2D eigenvalue weighted by atomic mass is 10.4. The van der Waals surface area contributed by atoms with Gasteiger partial charge in [-0.2, -0.15) is 0 Å². The summed E-state index contributed by atoms with van der Waals surface area (Å²) in [6, 6.07) is 3.11. The van der Waals surface area contributed by atoms with E-state index in [0.717, 1.165) is 0 Å². The Hall–Kier alpha value is -1.43. The van der Waals surface area contributed by atoms with Crippen molar-refractivity contribution in [1.29, 1.82) is 0 Å². The number of pyridine rings is 1. The van der Waals surface area contributed by atoms with Gasteiger partial charge >= 0.3 is 5.97 Å². The van der Waals surface area contributed by atoms with Crippen molar-refractivity contribution in [2.45, 2.75) is 24.7 Å². The lowest BCUT2D eigenvalue weighted by molar-refractivity contribution is -0.141. The zero-order valence-corrected chi connectivity index (χ0v) is 10.4. The van der Waals surface area contributed by atoms with Crippen LogP contribution in [0.2, 0.25) is 0 Å². The summed E-state index contributed by atoms with van der Waals surface area (Å²) in [4.78, 5) is 14.5. The second-order valence-electron chi connectivity index (χ2n) is 3.55. The molecule has 0 amide bonds. The molecule has 94 valence electrons. The van der Waals surface area contributed by atoms with Gasteiger partial charge < -0.3 is 4.74 Å². The summed E-state index contributed by atoms with van der Waals surface area (Å²) in [5.41, 5.74) is 0. The van der Waals surface area contributed by atoms with Crippen molar-refractivity contribution in [3.05, 3.63) is 24.5 Å². The van der Waals surface area contributed by atoms with Gasteiger partial charge in [-0.25, -0.2) is 8.42 Å². The van der Waals surface area contributed by atoms with Crippen LogP contribution in [0.1, 0.15) is 19.8 Å². The highest BCUT2D eigenvalue weighted by Crippen LogP contribution is 2.10. The van der Waals surface area contributed by atoms with E-state index in [4.69, 9.17) is 4.74 Å². The van der Waals surface area contributed by atoms with E-state index >= 15 is 0 Å². The highest BCUT2D eigenvalue weighted by molar-refractivity contribution is 7.91. The van der Waals surface area contributed by atoms with Gasteiger partial charge in [0, 0.05) is 19.3 Å². The number of aromatic nitrogens is 1. The summed E-state index contributed by atoms with van der Waals surface area (Å²) in [5.74, 6) is -0.305. The highest BCUT2D eigenvalue weighted by atomic mass is 32.2. The van der Waals surface area contributed by atoms with Crippen molar-refractivity contribution >= 4 is 15.8 Å². The molecule has 0 saturated heterocycles. The maximum absolute atomic E-state index is 11.8. The molecule has 0 unspecified atom stereocenters. The molecule has 0 bridgehead atoms. The Morgan fingerprint density at radius 1 is 1.41 bits per heavy atom. The van der Waals surface area contributed by atoms with Crippen LogP contribution in [-0.4, -0.2) is 31.7 Å². The van der Waals surface area contributed by atoms with Gasteiger partial charge in [-0.05, 0) is 25.0 Å². The minimum Gasteiger partial charge on any atom is -0.466 e. The molecule has 1 rings (SSSR count). The number of hydrogen-bond donors (Lipinski definition) is 0. The fourth-order valence-electron chi connectivity index (χ4n) is 1.26. The second kappa shape index (κ2) is 6.34. The smallest absolute Gasteiger partial charge is 0.302 e. The molecule has 0 aliphatic rings. The number of hydrogen-bond acceptors (Lipinski definition) is 5. The van der Waals surface area contributed by atoms with Crippen molar-refractivity contribution in [2.24, 2.45) is 0 Å². The molecule has 0 N–H and O–H groups in total. The van der Waals surface area contributed by atoms with Crippen molar-refractivity contribution in [1.82, 2.24) is 4.98 Å². The molecule has 0 aliphatic carbocycles. The van der Waals surface area contributed by atoms with Gasteiger partial charge in [0.1, 0.15) is 0 Å². The first-order chi connectivity index (χ1) is 8.02. The Morgan fingerprint density at radius 3 is 2.76 bits per heavy atom. The molecular weight excluding hydrogens is 242 g/mol. The van der Waals surface area contributed by atoms with E-state index in [0.29, 0.717) is 12.8 Å². The number of unbranched alkanes of at least 4 members (excludes halogenated alkanes) is 1. The third-order valence-corrected chi connectivity index (χ3v) is 3.89. The minimum absolute atomic E-state index is 0.0416. The third kappa shape index (κ3) is 4.95. The minimum atomic E-state index is -3.26. The fraction of sp³-hybridized carbons (Fsp3) is 0.455. The number of nitrogens with zero attached hydrogens (tertiary/aromatic N) is 1. The Bertz CT molecular complexity index is 456. The van der Waals surface area contributed by atoms with Crippen LogP contribution in [0.25, 0.3) is 0 Å². The van der Waals surface area contributed by atoms with E-state index in [1.807, 2.05) is 0 Å². The lowest BCUT2D eigenvalue weighted by Crippen LogP contribution is -2.08. The van der Waals surface area contributed by atoms with E-state index in [9.17, 15) is 13.2 Å². The topological polar surface area (TPSA) is 73.3 Å². The van der Waals surface area contributed by atoms with Crippen LogP contribution in [0.5, 0.6) is 0 Å². The van der Waals surface area contributed by atoms with E-state index in [1.165, 1.54) is 25.4 Å². The molecule has 1 heterocycles. The zero-order valence-electron chi connectivity index (χ0n) is 9.63. The highest BCUT2D eigenvalue weighted by Gasteiger charge is 2.13. The quantitative estimate of drug-likeness (QED) is 0.565. The van der Waals surface area contributed by atoms with Gasteiger partial charge in [-0.15, -0.1) is 0 Å². The van der Waals surface area contributed by atoms with Crippen LogP contribution in [0.15, 0.2) is 29.4 Å². The molecule has 0 saturated carbocycles. The average molecular weight is 257 g/mol. The number of esters is 1. The summed E-state index contributed by atoms with van der Waals surface area (Å²) in [6.07, 6.45) is 3.87. The number of carbonyl (C=O) groups is 1. The number of ether oxygens (including phenoxy) is 1. The molecule has 0 spiro atoms. The average Bonchev–Trinajstić information content (AvgIpc) is 2.29. The summed E-state index contributed by atoms with van der Waals surface area (Å²) in [5, 5.41) is 0. The third-order valence-electron chi connectivity index (χ3n) is 2.11. The van der Waals surface area contributed by atoms with Crippen molar-refractivity contribution in [2.75, 3.05) is 12.4 Å². The predicted molar refractivity (Wildman–Crippen MR) is 62.2 cm³/mol. The Balaban J connectivity index is 2.39. The second-order valence-corrected chi connectivity index (χ2v) is 5.66. The maximum atomic E-state index is 11.8. The molecule has 0 atom stereocenters. The summed E-state index contributed by atoms with van der Waals surface area (Å²) in [6.45, 7) is 1.59. The summed E-state index contributed by atoms with van der Waals surface area (Å²) < 4.78 is 28.3. The van der Waals surface area contributed by atoms with Crippen LogP contribution in [0.3, 0.4) is 0 Å². The van der Waals surface area contributed by atoms with Gasteiger partial charge in [-0.3, -0.25) is 9.78 Å². The Morgan fingerprint density at radius 2 is 2.18 bits per heavy atom. The van der Waals surface area contributed by atoms with E-state index in [2.05, 4.69) is 4.98 Å².